The molecular formula is C42H63N4O7P2Y+. The summed E-state index contributed by atoms with van der Waals surface area (Å²) >= 11 is 0. The van der Waals surface area contributed by atoms with Gasteiger partial charge in [0.25, 0.3) is 0 Å². The first-order valence-electron chi connectivity index (χ1n) is 19.7. The Morgan fingerprint density at radius 1 is 0.839 bits per heavy atom. The van der Waals surface area contributed by atoms with Gasteiger partial charge in [-0.2, -0.15) is 4.58 Å². The third-order valence-electron chi connectivity index (χ3n) is 10.2. The Kier molecular flexibility index (Phi) is 19.3. The van der Waals surface area contributed by atoms with E-state index in [4.69, 9.17) is 23.8 Å². The fourth-order valence-corrected chi connectivity index (χ4v) is 10.9. The van der Waals surface area contributed by atoms with E-state index in [0.29, 0.717) is 65.4 Å². The zero-order chi connectivity index (χ0) is 40.1. The average Bonchev–Trinajstić information content (AvgIpc) is 3.52. The number of nitrogens with zero attached hydrogens (tertiary/aromatic N) is 2. The summed E-state index contributed by atoms with van der Waals surface area (Å²) in [6, 6.07) is 16.6. The van der Waals surface area contributed by atoms with E-state index >= 15 is 0 Å². The molecule has 4 rings (SSSR count). The summed E-state index contributed by atoms with van der Waals surface area (Å²) in [4.78, 5) is 14.8. The molecule has 2 aliphatic heterocycles. The van der Waals surface area contributed by atoms with Gasteiger partial charge in [0.15, 0.2) is 12.3 Å². The molecular weight excluding hydrogens is 823 g/mol. The number of nitrogens with two attached hydrogens (primary N) is 1. The summed E-state index contributed by atoms with van der Waals surface area (Å²) in [6.07, 6.45) is 12.7. The van der Waals surface area contributed by atoms with Crippen molar-refractivity contribution in [3.8, 4) is 0 Å². The number of carbonyl (C=O) groups excluding carboxylic acids is 1. The molecule has 0 bridgehead atoms. The molecule has 2 aromatic carbocycles. The zero-order valence-electron chi connectivity index (χ0n) is 34.5. The molecule has 1 radical (unpaired) electrons. The van der Waals surface area contributed by atoms with Crippen molar-refractivity contribution in [3.63, 3.8) is 0 Å². The smallest absolute Gasteiger partial charge is 0.337 e. The Morgan fingerprint density at radius 2 is 1.43 bits per heavy atom. The second-order valence-electron chi connectivity index (χ2n) is 14.3. The zero-order valence-corrected chi connectivity index (χ0v) is 39.1. The van der Waals surface area contributed by atoms with Crippen LogP contribution in [0.3, 0.4) is 0 Å². The Hall–Kier alpha value is -2.04. The Morgan fingerprint density at radius 3 is 2.05 bits per heavy atom. The van der Waals surface area contributed by atoms with Gasteiger partial charge in [-0.3, -0.25) is 13.9 Å². The van der Waals surface area contributed by atoms with Crippen molar-refractivity contribution in [3.05, 3.63) is 95.7 Å². The van der Waals surface area contributed by atoms with Crippen molar-refractivity contribution in [1.82, 2.24) is 5.32 Å². The van der Waals surface area contributed by atoms with E-state index in [1.807, 2.05) is 64.1 Å². The van der Waals surface area contributed by atoms with Gasteiger partial charge in [-0.1, -0.05) is 54.6 Å². The summed E-state index contributed by atoms with van der Waals surface area (Å²) in [5, 5.41) is 2.88. The van der Waals surface area contributed by atoms with Crippen LogP contribution in [0.5, 0.6) is 0 Å². The predicted molar refractivity (Wildman–Crippen MR) is 224 cm³/mol. The summed E-state index contributed by atoms with van der Waals surface area (Å²) in [5.41, 5.74) is 11.5. The minimum absolute atomic E-state index is 0. The largest absolute Gasteiger partial charge is 0.355 e. The van der Waals surface area contributed by atoms with Crippen molar-refractivity contribution in [1.29, 1.82) is 0 Å². The summed E-state index contributed by atoms with van der Waals surface area (Å²) in [6.45, 7) is 17.0. The minimum Gasteiger partial charge on any atom is -0.355 e. The maximum atomic E-state index is 13.6. The molecule has 0 aliphatic carbocycles. The Labute approximate surface area is 360 Å². The van der Waals surface area contributed by atoms with Crippen molar-refractivity contribution in [2.75, 3.05) is 69.8 Å². The van der Waals surface area contributed by atoms with Crippen LogP contribution in [-0.4, -0.2) is 81.1 Å². The van der Waals surface area contributed by atoms with Crippen LogP contribution in [0.4, 0.5) is 11.4 Å². The van der Waals surface area contributed by atoms with Gasteiger partial charge < -0.3 is 34.0 Å². The molecule has 0 saturated heterocycles. The molecule has 0 spiro atoms. The van der Waals surface area contributed by atoms with E-state index in [1.54, 1.807) is 0 Å². The maximum Gasteiger partial charge on any atom is 0.337 e. The van der Waals surface area contributed by atoms with E-state index in [0.717, 1.165) is 34.8 Å². The van der Waals surface area contributed by atoms with Crippen LogP contribution in [0, 0.1) is 0 Å². The molecule has 2 heterocycles. The van der Waals surface area contributed by atoms with Crippen LogP contribution < -0.4 is 16.0 Å². The summed E-state index contributed by atoms with van der Waals surface area (Å²) in [7, 11) is -6.57. The average molecular weight is 887 g/mol. The molecule has 1 unspecified atom stereocenters. The second-order valence-corrected chi connectivity index (χ2v) is 18.7. The van der Waals surface area contributed by atoms with E-state index in [9.17, 15) is 13.9 Å². The van der Waals surface area contributed by atoms with Gasteiger partial charge in [0.05, 0.1) is 38.0 Å². The second kappa shape index (κ2) is 22.4. The standard InChI is InChI=1S/C42H62N4O7P2.Y/c1-8-50-54(48,51-9-2)32-30-45-36-22-17-15-20-34(36)41(5,6)38(45)24-13-12-14-25-39-42(7,27-19-26-40(47)44-29-28-43)35-21-16-18-23-37(35)46(39)31-33-55(49,52-10-3)53-11-4;/h12-18,20-25H,8-11,19,26-33,43H2,1-7H3;/p+1. The van der Waals surface area contributed by atoms with Crippen LogP contribution in [0.2, 0.25) is 0 Å². The number of fused-ring (bicyclic) bond motifs is 2. The van der Waals surface area contributed by atoms with E-state index < -0.39 is 20.6 Å². The fraction of sp³-hybridized carbons (Fsp3) is 0.524. The first kappa shape index (κ1) is 48.3. The molecule has 2 aliphatic rings. The van der Waals surface area contributed by atoms with E-state index in [1.165, 1.54) is 5.56 Å². The maximum absolute atomic E-state index is 13.6. The molecule has 1 amide bonds. The number of amides is 1. The van der Waals surface area contributed by atoms with Crippen LogP contribution in [0.15, 0.2) is 84.6 Å². The SMILES string of the molecule is CCOP(=O)(CCN1C(=CC=CC=CC2=[N+](CCP(=O)(OCC)OCC)c3ccccc3C2(C)C)C(C)(CCCC(=O)NCCN)c2ccccc21)OCC.[Y]. The van der Waals surface area contributed by atoms with Crippen LogP contribution in [0.1, 0.15) is 78.9 Å². The molecule has 0 aromatic heterocycles. The molecule has 2 aromatic rings. The van der Waals surface area contributed by atoms with Crippen LogP contribution in [-0.2, 0) is 75.6 Å². The minimum atomic E-state index is -3.32. The fourth-order valence-electron chi connectivity index (χ4n) is 7.73. The predicted octanol–water partition coefficient (Wildman–Crippen LogP) is 8.61. The van der Waals surface area contributed by atoms with Crippen molar-refractivity contribution >= 4 is 38.2 Å². The van der Waals surface area contributed by atoms with Crippen LogP contribution >= 0.6 is 15.2 Å². The van der Waals surface area contributed by atoms with Gasteiger partial charge in [-0.05, 0) is 79.0 Å². The third-order valence-corrected chi connectivity index (χ3v) is 14.3. The van der Waals surface area contributed by atoms with Gasteiger partial charge in [0, 0.05) is 93.3 Å². The van der Waals surface area contributed by atoms with E-state index in [-0.39, 0.29) is 56.4 Å². The number of rotatable bonds is 23. The number of hydrogen-bond acceptors (Lipinski definition) is 9. The number of carbonyl (C=O) groups is 1. The Bertz CT molecular complexity index is 1830. The van der Waals surface area contributed by atoms with Gasteiger partial charge in [0.1, 0.15) is 6.16 Å². The molecule has 1 atom stereocenters. The summed E-state index contributed by atoms with van der Waals surface area (Å²) < 4.78 is 51.9. The summed E-state index contributed by atoms with van der Waals surface area (Å²) in [5.74, 6) is -0.00996. The van der Waals surface area contributed by atoms with Crippen molar-refractivity contribution < 1.29 is 69.3 Å². The Balaban J connectivity index is 0.00000841. The molecule has 0 fully saturated rings. The van der Waals surface area contributed by atoms with Gasteiger partial charge in [0.2, 0.25) is 11.6 Å². The first-order chi connectivity index (χ1) is 26.3. The normalized spacial score (nSPS) is 18.6. The quantitative estimate of drug-likeness (QED) is 0.0640. The molecule has 11 nitrogen and oxygen atoms in total. The molecule has 14 heteroatoms. The van der Waals surface area contributed by atoms with E-state index in [2.05, 4.69) is 78.0 Å². The molecule has 56 heavy (non-hydrogen) atoms. The van der Waals surface area contributed by atoms with Gasteiger partial charge >= 0.3 is 15.2 Å². The molecule has 0 saturated carbocycles. The number of nitrogens with one attached hydrogen (secondary N) is 1. The number of para-hydroxylation sites is 2. The topological polar surface area (TPSA) is 132 Å². The number of hydrogen-bond donors (Lipinski definition) is 2. The molecule has 3 N–H and O–H groups in total. The first-order valence-corrected chi connectivity index (χ1v) is 23.2. The number of anilines is 1. The monoisotopic (exact) mass is 886 g/mol. The molecule has 305 valence electrons. The number of benzene rings is 2. The van der Waals surface area contributed by atoms with Gasteiger partial charge in [-0.25, -0.2) is 0 Å². The van der Waals surface area contributed by atoms with Gasteiger partial charge in [-0.15, -0.1) is 0 Å². The third kappa shape index (κ3) is 11.8. The van der Waals surface area contributed by atoms with Crippen molar-refractivity contribution in [2.45, 2.75) is 78.6 Å². The van der Waals surface area contributed by atoms with Crippen LogP contribution in [0.25, 0.3) is 0 Å². The number of allylic oxidation sites excluding steroid dienone is 6. The van der Waals surface area contributed by atoms with Crippen molar-refractivity contribution in [2.24, 2.45) is 5.73 Å².